The van der Waals surface area contributed by atoms with E-state index in [9.17, 15) is 4.79 Å². The van der Waals surface area contributed by atoms with Gasteiger partial charge in [-0.25, -0.2) is 4.79 Å². The van der Waals surface area contributed by atoms with E-state index in [1.54, 1.807) is 20.1 Å². The maximum atomic E-state index is 12.0. The second-order valence-corrected chi connectivity index (χ2v) is 5.50. The molecule has 0 bridgehead atoms. The zero-order chi connectivity index (χ0) is 18.4. The third kappa shape index (κ3) is 4.36. The summed E-state index contributed by atoms with van der Waals surface area (Å²) in [6.45, 7) is 1.68. The lowest BCUT2D eigenvalue weighted by Crippen LogP contribution is -2.06. The van der Waals surface area contributed by atoms with Crippen LogP contribution in [0, 0.1) is 0 Å². The molecule has 0 aliphatic heterocycles. The minimum absolute atomic E-state index is 0.243. The Morgan fingerprint density at radius 1 is 1.12 bits per heavy atom. The number of benzene rings is 2. The molecule has 3 rings (SSSR count). The van der Waals surface area contributed by atoms with Crippen LogP contribution < -0.4 is 4.74 Å². The zero-order valence-corrected chi connectivity index (χ0v) is 14.5. The molecule has 6 nitrogen and oxygen atoms in total. The van der Waals surface area contributed by atoms with Gasteiger partial charge in [0.15, 0.2) is 6.10 Å². The fraction of sp³-hybridized carbons (Fsp3) is 0.150. The number of carbonyl (C=O) groups excluding carboxylic acids is 1. The molecule has 0 aliphatic carbocycles. The van der Waals surface area contributed by atoms with Gasteiger partial charge in [-0.3, -0.25) is 0 Å². The second kappa shape index (κ2) is 8.11. The summed E-state index contributed by atoms with van der Waals surface area (Å²) in [5.74, 6) is 0.843. The van der Waals surface area contributed by atoms with Crippen LogP contribution in [0.1, 0.15) is 24.5 Å². The lowest BCUT2D eigenvalue weighted by molar-refractivity contribution is -0.143. The smallest absolute Gasteiger partial charge is 0.331 e. The number of carbonyl (C=O) groups is 1. The highest BCUT2D eigenvalue weighted by Gasteiger charge is 2.17. The van der Waals surface area contributed by atoms with E-state index in [1.807, 2.05) is 54.6 Å². The van der Waals surface area contributed by atoms with Gasteiger partial charge in [-0.2, -0.15) is 0 Å². The number of ether oxygens (including phenoxy) is 2. The maximum absolute atomic E-state index is 12.0. The van der Waals surface area contributed by atoms with Crippen LogP contribution in [0.15, 0.2) is 65.1 Å². The van der Waals surface area contributed by atoms with Crippen LogP contribution in [0.25, 0.3) is 17.5 Å². The maximum Gasteiger partial charge on any atom is 0.331 e. The standard InChI is InChI=1S/C20H18N2O4/c1-14(19-21-22-20(26-19)16-8-4-3-5-9-16)25-18(23)12-11-15-7-6-10-17(13-15)24-2/h3-14H,1-2H3/b12-11+/t14-/m1/s1. The summed E-state index contributed by atoms with van der Waals surface area (Å²) in [6.07, 6.45) is 2.35. The summed E-state index contributed by atoms with van der Waals surface area (Å²) < 4.78 is 16.0. The van der Waals surface area contributed by atoms with Gasteiger partial charge in [-0.15, -0.1) is 10.2 Å². The molecule has 1 heterocycles. The van der Waals surface area contributed by atoms with Gasteiger partial charge in [0.2, 0.25) is 5.89 Å². The monoisotopic (exact) mass is 350 g/mol. The molecule has 0 radical (unpaired) electrons. The highest BCUT2D eigenvalue weighted by Crippen LogP contribution is 2.22. The van der Waals surface area contributed by atoms with Gasteiger partial charge >= 0.3 is 5.97 Å². The number of esters is 1. The molecule has 0 aliphatic rings. The van der Waals surface area contributed by atoms with Crippen LogP contribution in [0.5, 0.6) is 5.75 Å². The molecule has 0 N–H and O–H groups in total. The molecule has 2 aromatic carbocycles. The molecule has 1 atom stereocenters. The molecule has 3 aromatic rings. The summed E-state index contributed by atoms with van der Waals surface area (Å²) in [5, 5.41) is 7.94. The largest absolute Gasteiger partial charge is 0.497 e. The van der Waals surface area contributed by atoms with E-state index in [2.05, 4.69) is 10.2 Å². The predicted octanol–water partition coefficient (Wildman–Crippen LogP) is 4.06. The van der Waals surface area contributed by atoms with Gasteiger partial charge in [0.25, 0.3) is 5.89 Å². The molecule has 0 amide bonds. The Balaban J connectivity index is 1.62. The average Bonchev–Trinajstić information content (AvgIpc) is 3.18. The molecule has 0 fully saturated rings. The Kier molecular flexibility index (Phi) is 5.43. The van der Waals surface area contributed by atoms with Crippen molar-refractivity contribution in [3.63, 3.8) is 0 Å². The number of hydrogen-bond donors (Lipinski definition) is 0. The molecular formula is C20H18N2O4. The molecule has 132 valence electrons. The van der Waals surface area contributed by atoms with Crippen molar-refractivity contribution >= 4 is 12.0 Å². The van der Waals surface area contributed by atoms with Crippen molar-refractivity contribution in [2.75, 3.05) is 7.11 Å². The van der Waals surface area contributed by atoms with Crippen molar-refractivity contribution in [3.05, 3.63) is 72.1 Å². The first-order valence-electron chi connectivity index (χ1n) is 8.07. The lowest BCUT2D eigenvalue weighted by Gasteiger charge is -2.06. The van der Waals surface area contributed by atoms with Crippen LogP contribution in [0.2, 0.25) is 0 Å². The van der Waals surface area contributed by atoms with E-state index in [4.69, 9.17) is 13.9 Å². The zero-order valence-electron chi connectivity index (χ0n) is 14.5. The van der Waals surface area contributed by atoms with Crippen LogP contribution in [-0.2, 0) is 9.53 Å². The molecular weight excluding hydrogens is 332 g/mol. The first-order chi connectivity index (χ1) is 12.7. The number of nitrogens with zero attached hydrogens (tertiary/aromatic N) is 2. The van der Waals surface area contributed by atoms with Gasteiger partial charge in [-0.05, 0) is 42.8 Å². The van der Waals surface area contributed by atoms with E-state index in [-0.39, 0.29) is 5.89 Å². The Morgan fingerprint density at radius 3 is 2.69 bits per heavy atom. The summed E-state index contributed by atoms with van der Waals surface area (Å²) >= 11 is 0. The van der Waals surface area contributed by atoms with Crippen LogP contribution in [-0.4, -0.2) is 23.3 Å². The van der Waals surface area contributed by atoms with E-state index in [0.29, 0.717) is 11.6 Å². The van der Waals surface area contributed by atoms with Gasteiger partial charge < -0.3 is 13.9 Å². The Hall–Kier alpha value is -3.41. The summed E-state index contributed by atoms with van der Waals surface area (Å²) in [6, 6.07) is 16.7. The van der Waals surface area contributed by atoms with Crippen molar-refractivity contribution < 1.29 is 18.7 Å². The quantitative estimate of drug-likeness (QED) is 0.493. The normalized spacial score (nSPS) is 12.1. The number of methoxy groups -OCH3 is 1. The van der Waals surface area contributed by atoms with Crippen molar-refractivity contribution in [2.45, 2.75) is 13.0 Å². The first-order valence-corrected chi connectivity index (χ1v) is 8.07. The molecule has 1 aromatic heterocycles. The number of rotatable bonds is 6. The second-order valence-electron chi connectivity index (χ2n) is 5.50. The summed E-state index contributed by atoms with van der Waals surface area (Å²) in [5.41, 5.74) is 1.64. The number of hydrogen-bond acceptors (Lipinski definition) is 6. The third-order valence-electron chi connectivity index (χ3n) is 3.61. The Bertz CT molecular complexity index is 903. The third-order valence-corrected chi connectivity index (χ3v) is 3.61. The SMILES string of the molecule is COc1cccc(/C=C/C(=O)O[C@H](C)c2nnc(-c3ccccc3)o2)c1. The molecule has 0 saturated heterocycles. The highest BCUT2D eigenvalue weighted by molar-refractivity contribution is 5.87. The molecule has 26 heavy (non-hydrogen) atoms. The van der Waals surface area contributed by atoms with E-state index in [0.717, 1.165) is 11.1 Å². The van der Waals surface area contributed by atoms with Gasteiger partial charge in [-0.1, -0.05) is 30.3 Å². The van der Waals surface area contributed by atoms with Crippen LogP contribution in [0.4, 0.5) is 0 Å². The number of aromatic nitrogens is 2. The van der Waals surface area contributed by atoms with Crippen LogP contribution >= 0.6 is 0 Å². The fourth-order valence-electron chi connectivity index (χ4n) is 2.27. The lowest BCUT2D eigenvalue weighted by atomic mass is 10.2. The van der Waals surface area contributed by atoms with Gasteiger partial charge in [0.05, 0.1) is 7.11 Å². The van der Waals surface area contributed by atoms with Crippen molar-refractivity contribution in [2.24, 2.45) is 0 Å². The molecule has 0 saturated carbocycles. The average molecular weight is 350 g/mol. The summed E-state index contributed by atoms with van der Waals surface area (Å²) in [4.78, 5) is 12.0. The molecule has 6 heteroatoms. The van der Waals surface area contributed by atoms with Crippen LogP contribution in [0.3, 0.4) is 0 Å². The summed E-state index contributed by atoms with van der Waals surface area (Å²) in [7, 11) is 1.59. The van der Waals surface area contributed by atoms with E-state index in [1.165, 1.54) is 6.08 Å². The van der Waals surface area contributed by atoms with E-state index >= 15 is 0 Å². The molecule has 0 spiro atoms. The minimum Gasteiger partial charge on any atom is -0.497 e. The first kappa shape index (κ1) is 17.4. The Morgan fingerprint density at radius 2 is 1.92 bits per heavy atom. The van der Waals surface area contributed by atoms with Gasteiger partial charge in [0, 0.05) is 11.6 Å². The highest BCUT2D eigenvalue weighted by atomic mass is 16.6. The fourth-order valence-corrected chi connectivity index (χ4v) is 2.27. The van der Waals surface area contributed by atoms with Gasteiger partial charge in [0.1, 0.15) is 5.75 Å². The van der Waals surface area contributed by atoms with Crippen molar-refractivity contribution in [3.8, 4) is 17.2 Å². The Labute approximate surface area is 151 Å². The molecule has 0 unspecified atom stereocenters. The van der Waals surface area contributed by atoms with Crippen molar-refractivity contribution in [1.82, 2.24) is 10.2 Å². The van der Waals surface area contributed by atoms with E-state index < -0.39 is 12.1 Å². The van der Waals surface area contributed by atoms with Crippen molar-refractivity contribution in [1.29, 1.82) is 0 Å². The topological polar surface area (TPSA) is 74.5 Å². The minimum atomic E-state index is -0.651. The predicted molar refractivity (Wildman–Crippen MR) is 96.3 cm³/mol.